The number of hydrogen-bond acceptors (Lipinski definition) is 6. The molecular formula is C17H14N2O4S. The van der Waals surface area contributed by atoms with Gasteiger partial charge in [-0.1, -0.05) is 12.1 Å². The summed E-state index contributed by atoms with van der Waals surface area (Å²) in [7, 11) is 3.19. The van der Waals surface area contributed by atoms with Crippen LogP contribution in [0.3, 0.4) is 0 Å². The monoisotopic (exact) mass is 342 g/mol. The van der Waals surface area contributed by atoms with Gasteiger partial charge in [-0.3, -0.25) is 10.1 Å². The summed E-state index contributed by atoms with van der Waals surface area (Å²) in [6, 6.07) is 11.9. The molecule has 0 radical (unpaired) electrons. The van der Waals surface area contributed by atoms with Crippen LogP contribution < -0.4 is 9.47 Å². The first-order chi connectivity index (χ1) is 11.6. The van der Waals surface area contributed by atoms with E-state index in [0.29, 0.717) is 22.1 Å². The minimum atomic E-state index is -0.414. The zero-order valence-corrected chi connectivity index (χ0v) is 13.9. The van der Waals surface area contributed by atoms with Gasteiger partial charge in [0.25, 0.3) is 5.69 Å². The summed E-state index contributed by atoms with van der Waals surface area (Å²) in [4.78, 5) is 15.1. The smallest absolute Gasteiger partial charge is 0.270 e. The maximum Gasteiger partial charge on any atom is 0.270 e. The van der Waals surface area contributed by atoms with Crippen molar-refractivity contribution < 1.29 is 14.4 Å². The molecule has 0 aliphatic rings. The van der Waals surface area contributed by atoms with Gasteiger partial charge in [0.05, 0.1) is 24.8 Å². The largest absolute Gasteiger partial charge is 0.497 e. The lowest BCUT2D eigenvalue weighted by Crippen LogP contribution is -1.91. The fourth-order valence-corrected chi connectivity index (χ4v) is 3.11. The molecule has 1 heterocycles. The number of nitro groups is 1. The highest BCUT2D eigenvalue weighted by molar-refractivity contribution is 7.13. The topological polar surface area (TPSA) is 74.5 Å². The average molecular weight is 342 g/mol. The average Bonchev–Trinajstić information content (AvgIpc) is 3.11. The van der Waals surface area contributed by atoms with Gasteiger partial charge in [0.15, 0.2) is 0 Å². The first-order valence-electron chi connectivity index (χ1n) is 7.05. The molecule has 0 saturated heterocycles. The second kappa shape index (κ2) is 6.67. The van der Waals surface area contributed by atoms with E-state index in [1.54, 1.807) is 26.4 Å². The van der Waals surface area contributed by atoms with Gasteiger partial charge in [0.2, 0.25) is 0 Å². The Morgan fingerprint density at radius 1 is 1.12 bits per heavy atom. The third-order valence-electron chi connectivity index (χ3n) is 3.49. The van der Waals surface area contributed by atoms with Gasteiger partial charge in [0, 0.05) is 28.6 Å². The van der Waals surface area contributed by atoms with Crippen molar-refractivity contribution in [1.29, 1.82) is 0 Å². The molecule has 24 heavy (non-hydrogen) atoms. The zero-order chi connectivity index (χ0) is 17.1. The van der Waals surface area contributed by atoms with Crippen molar-refractivity contribution in [3.63, 3.8) is 0 Å². The van der Waals surface area contributed by atoms with Crippen LogP contribution in [0.5, 0.6) is 11.5 Å². The van der Waals surface area contributed by atoms with E-state index < -0.39 is 4.92 Å². The number of ether oxygens (including phenoxy) is 2. The van der Waals surface area contributed by atoms with E-state index in [4.69, 9.17) is 9.47 Å². The summed E-state index contributed by atoms with van der Waals surface area (Å²) in [6.45, 7) is 0. The van der Waals surface area contributed by atoms with Gasteiger partial charge in [-0.25, -0.2) is 4.98 Å². The molecule has 0 N–H and O–H groups in total. The van der Waals surface area contributed by atoms with Gasteiger partial charge in [-0.05, 0) is 18.2 Å². The number of methoxy groups -OCH3 is 2. The predicted octanol–water partition coefficient (Wildman–Crippen LogP) is 4.40. The van der Waals surface area contributed by atoms with Crippen molar-refractivity contribution in [2.24, 2.45) is 0 Å². The molecule has 2 aromatic carbocycles. The van der Waals surface area contributed by atoms with Crippen LogP contribution in [-0.2, 0) is 0 Å². The van der Waals surface area contributed by atoms with E-state index in [2.05, 4.69) is 4.98 Å². The van der Waals surface area contributed by atoms with Crippen LogP contribution in [0.4, 0.5) is 5.69 Å². The van der Waals surface area contributed by atoms with E-state index in [-0.39, 0.29) is 5.69 Å². The molecule has 0 amide bonds. The standard InChI is InChI=1S/C17H14N2O4S/c1-22-13-6-7-16(23-2)14(9-13)15-10-24-17(18-15)11-4-3-5-12(8-11)19(20)21/h3-10H,1-2H3. The quantitative estimate of drug-likeness (QED) is 0.507. The normalized spacial score (nSPS) is 10.4. The lowest BCUT2D eigenvalue weighted by molar-refractivity contribution is -0.384. The Kier molecular flexibility index (Phi) is 4.43. The number of benzene rings is 2. The van der Waals surface area contributed by atoms with Crippen molar-refractivity contribution in [2.45, 2.75) is 0 Å². The molecular weight excluding hydrogens is 328 g/mol. The third kappa shape index (κ3) is 3.07. The highest BCUT2D eigenvalue weighted by Crippen LogP contribution is 2.36. The Hall–Kier alpha value is -2.93. The number of nitrogens with zero attached hydrogens (tertiary/aromatic N) is 2. The Bertz CT molecular complexity index is 892. The number of rotatable bonds is 5. The Balaban J connectivity index is 2.02. The second-order valence-electron chi connectivity index (χ2n) is 4.91. The first-order valence-corrected chi connectivity index (χ1v) is 7.93. The van der Waals surface area contributed by atoms with Gasteiger partial charge in [-0.15, -0.1) is 11.3 Å². The number of non-ortho nitro benzene ring substituents is 1. The maximum atomic E-state index is 10.9. The van der Waals surface area contributed by atoms with Crippen molar-refractivity contribution in [1.82, 2.24) is 4.98 Å². The molecule has 0 atom stereocenters. The fraction of sp³-hybridized carbons (Fsp3) is 0.118. The molecule has 0 aliphatic heterocycles. The lowest BCUT2D eigenvalue weighted by Gasteiger charge is -2.08. The van der Waals surface area contributed by atoms with Crippen LogP contribution >= 0.6 is 11.3 Å². The number of nitro benzene ring substituents is 1. The van der Waals surface area contributed by atoms with Crippen LogP contribution in [0.25, 0.3) is 21.8 Å². The van der Waals surface area contributed by atoms with Crippen molar-refractivity contribution in [3.05, 3.63) is 58.0 Å². The molecule has 0 unspecified atom stereocenters. The molecule has 0 spiro atoms. The van der Waals surface area contributed by atoms with Crippen molar-refractivity contribution in [2.75, 3.05) is 14.2 Å². The first kappa shape index (κ1) is 15.9. The highest BCUT2D eigenvalue weighted by Gasteiger charge is 2.14. The third-order valence-corrected chi connectivity index (χ3v) is 4.38. The SMILES string of the molecule is COc1ccc(OC)c(-c2csc(-c3cccc([N+](=O)[O-])c3)n2)c1. The van der Waals surface area contributed by atoms with Crippen LogP contribution in [0.1, 0.15) is 0 Å². The molecule has 6 nitrogen and oxygen atoms in total. The van der Waals surface area contributed by atoms with E-state index in [9.17, 15) is 10.1 Å². The molecule has 7 heteroatoms. The van der Waals surface area contributed by atoms with Crippen molar-refractivity contribution in [3.8, 4) is 33.3 Å². The summed E-state index contributed by atoms with van der Waals surface area (Å²) >= 11 is 1.42. The molecule has 0 saturated carbocycles. The summed E-state index contributed by atoms with van der Waals surface area (Å²) in [5, 5.41) is 13.5. The summed E-state index contributed by atoms with van der Waals surface area (Å²) < 4.78 is 10.6. The van der Waals surface area contributed by atoms with Gasteiger partial charge in [0.1, 0.15) is 16.5 Å². The van der Waals surface area contributed by atoms with Crippen LogP contribution in [0.2, 0.25) is 0 Å². The number of aromatic nitrogens is 1. The maximum absolute atomic E-state index is 10.9. The predicted molar refractivity (Wildman–Crippen MR) is 92.7 cm³/mol. The minimum Gasteiger partial charge on any atom is -0.497 e. The van der Waals surface area contributed by atoms with Crippen LogP contribution in [0, 0.1) is 10.1 Å². The van der Waals surface area contributed by atoms with Gasteiger partial charge < -0.3 is 9.47 Å². The fourth-order valence-electron chi connectivity index (χ4n) is 2.30. The van der Waals surface area contributed by atoms with E-state index in [0.717, 1.165) is 11.3 Å². The molecule has 122 valence electrons. The summed E-state index contributed by atoms with van der Waals surface area (Å²) in [6.07, 6.45) is 0. The summed E-state index contributed by atoms with van der Waals surface area (Å²) in [5.41, 5.74) is 2.30. The molecule has 1 aromatic heterocycles. The molecule has 0 aliphatic carbocycles. The zero-order valence-electron chi connectivity index (χ0n) is 13.1. The Labute approximate surface area is 142 Å². The van der Waals surface area contributed by atoms with Crippen LogP contribution in [0.15, 0.2) is 47.8 Å². The second-order valence-corrected chi connectivity index (χ2v) is 5.77. The minimum absolute atomic E-state index is 0.0446. The Morgan fingerprint density at radius 2 is 1.96 bits per heavy atom. The molecule has 3 rings (SSSR count). The van der Waals surface area contributed by atoms with Crippen molar-refractivity contribution >= 4 is 17.0 Å². The number of hydrogen-bond donors (Lipinski definition) is 0. The van der Waals surface area contributed by atoms with E-state index in [1.165, 1.54) is 23.5 Å². The molecule has 0 bridgehead atoms. The van der Waals surface area contributed by atoms with E-state index in [1.807, 2.05) is 23.6 Å². The molecule has 3 aromatic rings. The lowest BCUT2D eigenvalue weighted by atomic mass is 10.1. The van der Waals surface area contributed by atoms with Gasteiger partial charge in [-0.2, -0.15) is 0 Å². The Morgan fingerprint density at radius 3 is 2.67 bits per heavy atom. The molecule has 0 fully saturated rings. The van der Waals surface area contributed by atoms with Crippen LogP contribution in [-0.4, -0.2) is 24.1 Å². The number of thiazole rings is 1. The summed E-state index contributed by atoms with van der Waals surface area (Å²) in [5.74, 6) is 1.39. The van der Waals surface area contributed by atoms with Gasteiger partial charge >= 0.3 is 0 Å². The van der Waals surface area contributed by atoms with E-state index >= 15 is 0 Å². The highest BCUT2D eigenvalue weighted by atomic mass is 32.1.